The van der Waals surface area contributed by atoms with Crippen molar-refractivity contribution >= 4 is 28.8 Å². The van der Waals surface area contributed by atoms with Crippen LogP contribution in [0.2, 0.25) is 5.02 Å². The molecule has 39 heavy (non-hydrogen) atoms. The molecule has 1 amide bonds. The van der Waals surface area contributed by atoms with Crippen LogP contribution in [0.1, 0.15) is 53.5 Å². The van der Waals surface area contributed by atoms with Gasteiger partial charge in [-0.2, -0.15) is 4.98 Å². The Kier molecular flexibility index (Phi) is 7.55. The first-order valence-electron chi connectivity index (χ1n) is 12.9. The molecule has 1 aliphatic carbocycles. The molecule has 1 unspecified atom stereocenters. The van der Waals surface area contributed by atoms with E-state index < -0.39 is 12.1 Å². The van der Waals surface area contributed by atoms with Gasteiger partial charge < -0.3 is 24.1 Å². The van der Waals surface area contributed by atoms with Gasteiger partial charge in [-0.15, -0.1) is 0 Å². The van der Waals surface area contributed by atoms with Crippen LogP contribution in [0.5, 0.6) is 0 Å². The normalized spacial score (nSPS) is 20.8. The minimum Gasteiger partial charge on any atom is -0.374 e. The minimum atomic E-state index is -0.925. The number of amides is 1. The summed E-state index contributed by atoms with van der Waals surface area (Å²) in [7, 11) is 0. The van der Waals surface area contributed by atoms with E-state index in [2.05, 4.69) is 20.4 Å². The van der Waals surface area contributed by atoms with E-state index in [1.165, 1.54) is 6.20 Å². The van der Waals surface area contributed by atoms with E-state index in [-0.39, 0.29) is 18.1 Å². The van der Waals surface area contributed by atoms with Crippen molar-refractivity contribution in [1.29, 1.82) is 0 Å². The zero-order chi connectivity index (χ0) is 26.8. The molecule has 1 saturated carbocycles. The number of carbonyl (C=O) groups is 1. The molecule has 3 aromatic heterocycles. The summed E-state index contributed by atoms with van der Waals surface area (Å²) in [6.45, 7) is 2.07. The fraction of sp³-hybridized carbons (Fsp3) is 0.407. The van der Waals surface area contributed by atoms with Crippen molar-refractivity contribution in [2.75, 3.05) is 25.1 Å². The lowest BCUT2D eigenvalue weighted by molar-refractivity contribution is -0.169. The Hall–Kier alpha value is -3.38. The van der Waals surface area contributed by atoms with Gasteiger partial charge in [0.25, 0.3) is 11.8 Å². The Morgan fingerprint density at radius 3 is 2.95 bits per heavy atom. The Balaban J connectivity index is 1.07. The van der Waals surface area contributed by atoms with Crippen LogP contribution in [0.3, 0.4) is 0 Å². The number of pyridine rings is 1. The third kappa shape index (κ3) is 5.96. The number of halogens is 2. The van der Waals surface area contributed by atoms with Crippen molar-refractivity contribution < 1.29 is 27.9 Å². The van der Waals surface area contributed by atoms with Crippen molar-refractivity contribution in [3.63, 3.8) is 0 Å². The maximum Gasteiger partial charge on any atom is 0.274 e. The highest BCUT2D eigenvalue weighted by Crippen LogP contribution is 2.42. The number of benzene rings is 1. The number of anilines is 1. The van der Waals surface area contributed by atoms with E-state index in [0.29, 0.717) is 59.7 Å². The second-order valence-electron chi connectivity index (χ2n) is 9.59. The maximum absolute atomic E-state index is 13.3. The lowest BCUT2D eigenvalue weighted by Crippen LogP contribution is -2.23. The lowest BCUT2D eigenvalue weighted by Gasteiger charge is -2.22. The molecule has 0 bridgehead atoms. The van der Waals surface area contributed by atoms with Gasteiger partial charge in [-0.25, -0.2) is 9.37 Å². The van der Waals surface area contributed by atoms with Crippen molar-refractivity contribution in [3.05, 3.63) is 64.8 Å². The molecule has 1 saturated heterocycles. The molecule has 12 heteroatoms. The molecule has 4 heterocycles. The summed E-state index contributed by atoms with van der Waals surface area (Å²) in [6, 6.07) is 8.70. The van der Waals surface area contributed by atoms with Crippen molar-refractivity contribution in [1.82, 2.24) is 19.5 Å². The van der Waals surface area contributed by atoms with Crippen LogP contribution in [-0.4, -0.2) is 57.7 Å². The minimum absolute atomic E-state index is 0.130. The Bertz CT molecular complexity index is 1470. The van der Waals surface area contributed by atoms with Gasteiger partial charge >= 0.3 is 0 Å². The largest absolute Gasteiger partial charge is 0.374 e. The van der Waals surface area contributed by atoms with E-state index in [1.54, 1.807) is 28.8 Å². The van der Waals surface area contributed by atoms with Crippen LogP contribution in [0.4, 0.5) is 10.1 Å². The predicted octanol–water partition coefficient (Wildman–Crippen LogP) is 5.18. The molecular weight excluding hydrogens is 529 g/mol. The van der Waals surface area contributed by atoms with E-state index in [9.17, 15) is 9.18 Å². The fourth-order valence-electron chi connectivity index (χ4n) is 4.43. The number of imidazole rings is 1. The second kappa shape index (κ2) is 11.4. The van der Waals surface area contributed by atoms with E-state index >= 15 is 0 Å². The van der Waals surface area contributed by atoms with Gasteiger partial charge in [0.1, 0.15) is 17.5 Å². The number of fused-ring (bicyclic) bond motifs is 1. The Morgan fingerprint density at radius 2 is 2.13 bits per heavy atom. The summed E-state index contributed by atoms with van der Waals surface area (Å²) in [5.41, 5.74) is 2.80. The average Bonchev–Trinajstić information content (AvgIpc) is 3.31. The molecule has 6 rings (SSSR count). The van der Waals surface area contributed by atoms with E-state index in [4.69, 9.17) is 30.3 Å². The zero-order valence-corrected chi connectivity index (χ0v) is 21.8. The Morgan fingerprint density at radius 1 is 1.23 bits per heavy atom. The monoisotopic (exact) mass is 555 g/mol. The van der Waals surface area contributed by atoms with Gasteiger partial charge in [-0.05, 0) is 61.6 Å². The molecule has 1 N–H and O–H groups in total. The van der Waals surface area contributed by atoms with Gasteiger partial charge in [0.2, 0.25) is 0 Å². The molecule has 0 radical (unpaired) electrons. The first-order chi connectivity index (χ1) is 19.0. The van der Waals surface area contributed by atoms with Crippen LogP contribution in [-0.2, 0) is 20.8 Å². The molecule has 2 aliphatic rings. The molecule has 10 nitrogen and oxygen atoms in total. The molecule has 0 spiro atoms. The summed E-state index contributed by atoms with van der Waals surface area (Å²) >= 11 is 6.34. The number of carbonyl (C=O) groups excluding carboxylic acids is 1. The van der Waals surface area contributed by atoms with Gasteiger partial charge in [0, 0.05) is 18.4 Å². The molecule has 204 valence electrons. The number of hydrogen-bond acceptors (Lipinski definition) is 8. The molecule has 1 aliphatic heterocycles. The molecular formula is C27H27ClFN5O5. The molecule has 4 aromatic rings. The average molecular weight is 556 g/mol. The van der Waals surface area contributed by atoms with Crippen LogP contribution >= 0.6 is 11.6 Å². The van der Waals surface area contributed by atoms with Gasteiger partial charge in [-0.3, -0.25) is 9.20 Å². The highest BCUT2D eigenvalue weighted by Gasteiger charge is 2.42. The number of alkyl halides is 1. The number of nitrogens with one attached hydrogen (secondary N) is 1. The van der Waals surface area contributed by atoms with Crippen LogP contribution in [0, 0.1) is 0 Å². The Labute approximate surface area is 228 Å². The van der Waals surface area contributed by atoms with Gasteiger partial charge in [0.05, 0.1) is 42.6 Å². The highest BCUT2D eigenvalue weighted by molar-refractivity contribution is 6.34. The van der Waals surface area contributed by atoms with Gasteiger partial charge in [0.15, 0.2) is 12.1 Å². The third-order valence-electron chi connectivity index (χ3n) is 6.70. The second-order valence-corrected chi connectivity index (χ2v) is 10.00. The van der Waals surface area contributed by atoms with Crippen molar-refractivity contribution in [2.45, 2.75) is 50.7 Å². The first-order valence-corrected chi connectivity index (χ1v) is 13.3. The summed E-state index contributed by atoms with van der Waals surface area (Å²) in [5.74, 6) is -0.130. The smallest absolute Gasteiger partial charge is 0.274 e. The van der Waals surface area contributed by atoms with Crippen LogP contribution < -0.4 is 5.32 Å². The quantitative estimate of drug-likeness (QED) is 0.266. The molecule has 1 aromatic carbocycles. The summed E-state index contributed by atoms with van der Waals surface area (Å²) in [4.78, 5) is 21.8. The van der Waals surface area contributed by atoms with Crippen molar-refractivity contribution in [3.8, 4) is 11.5 Å². The molecule has 2 fully saturated rings. The maximum atomic E-state index is 13.3. The van der Waals surface area contributed by atoms with Gasteiger partial charge in [-0.1, -0.05) is 16.8 Å². The highest BCUT2D eigenvalue weighted by atomic mass is 35.5. The summed E-state index contributed by atoms with van der Waals surface area (Å²) in [6.07, 6.45) is 5.75. The number of nitrogens with zero attached hydrogens (tertiary/aromatic N) is 4. The number of ether oxygens (including phenoxy) is 3. The number of rotatable bonds is 10. The predicted molar refractivity (Wildman–Crippen MR) is 139 cm³/mol. The SMILES string of the molecule is O=C(Nc1cc(-c2nc([C@H]3C[C@@H]3F)no2)ccc1Cl)c1cnc2cc(COCCOC3CCCCO3)ccn12. The molecule has 3 atom stereocenters. The topological polar surface area (TPSA) is 113 Å². The standard InChI is InChI=1S/C27H27ClFN5O5/c28-19-5-4-17(27-32-25(33-39-27)18-13-20(18)29)12-21(19)31-26(35)22-14-30-23-11-16(6-7-34(22)23)15-36-9-10-38-24-3-1-2-8-37-24/h4-7,11-12,14,18,20,24H,1-3,8-10,13,15H2,(H,31,35)/t18-,20-,24?/m0/s1. The zero-order valence-electron chi connectivity index (χ0n) is 21.0. The number of aromatic nitrogens is 4. The first kappa shape index (κ1) is 25.9. The van der Waals surface area contributed by atoms with E-state index in [1.807, 2.05) is 12.1 Å². The lowest BCUT2D eigenvalue weighted by atomic mass is 10.2. The van der Waals surface area contributed by atoms with Crippen LogP contribution in [0.15, 0.2) is 47.2 Å². The fourth-order valence-corrected chi connectivity index (χ4v) is 4.59. The van der Waals surface area contributed by atoms with Crippen molar-refractivity contribution in [2.24, 2.45) is 0 Å². The third-order valence-corrected chi connectivity index (χ3v) is 7.03. The summed E-state index contributed by atoms with van der Waals surface area (Å²) < 4.78 is 37.3. The summed E-state index contributed by atoms with van der Waals surface area (Å²) in [5, 5.41) is 7.03. The van der Waals surface area contributed by atoms with Crippen LogP contribution in [0.25, 0.3) is 17.1 Å². The van der Waals surface area contributed by atoms with E-state index in [0.717, 1.165) is 31.4 Å². The number of hydrogen-bond donors (Lipinski definition) is 1.